The number of halogens is 1. The second kappa shape index (κ2) is 6.90. The summed E-state index contributed by atoms with van der Waals surface area (Å²) in [6, 6.07) is 7.06. The van der Waals surface area contributed by atoms with Crippen molar-refractivity contribution in [3.8, 4) is 0 Å². The highest BCUT2D eigenvalue weighted by Crippen LogP contribution is 2.22. The Hall–Kier alpha value is -1.34. The molecule has 108 valence electrons. The molecule has 0 aliphatic carbocycles. The van der Waals surface area contributed by atoms with Crippen molar-refractivity contribution >= 4 is 17.7 Å². The van der Waals surface area contributed by atoms with Gasteiger partial charge >= 0.3 is 5.97 Å². The number of aromatic nitrogens is 3. The Labute approximate surface area is 132 Å². The van der Waals surface area contributed by atoms with Crippen LogP contribution in [0.3, 0.4) is 0 Å². The average molecular weight is 358 g/mol. The first kappa shape index (κ1) is 16.7. The van der Waals surface area contributed by atoms with Crippen LogP contribution < -0.4 is 21.7 Å². The minimum absolute atomic E-state index is 0. The molecule has 0 bridgehead atoms. The average Bonchev–Trinajstić information content (AvgIpc) is 2.64. The van der Waals surface area contributed by atoms with Crippen molar-refractivity contribution in [3.63, 3.8) is 0 Å². The molecule has 0 aliphatic rings. The minimum Gasteiger partial charge on any atom is -1.00 e. The first-order chi connectivity index (χ1) is 9.00. The van der Waals surface area contributed by atoms with Gasteiger partial charge in [0.25, 0.3) is 11.0 Å². The number of carboxylic acid groups (broad SMARTS) is 1. The lowest BCUT2D eigenvalue weighted by Gasteiger charge is -2.03. The molecule has 5 nitrogen and oxygen atoms in total. The lowest BCUT2D eigenvalue weighted by molar-refractivity contribution is -0.736. The fourth-order valence-corrected chi connectivity index (χ4v) is 2.79. The van der Waals surface area contributed by atoms with E-state index in [4.69, 9.17) is 5.11 Å². The summed E-state index contributed by atoms with van der Waals surface area (Å²) in [4.78, 5) is 11.1. The smallest absolute Gasteiger partial charge is 0.335 e. The maximum Gasteiger partial charge on any atom is 0.335 e. The van der Waals surface area contributed by atoms with E-state index in [9.17, 15) is 4.79 Å². The van der Waals surface area contributed by atoms with Gasteiger partial charge in [0, 0.05) is 12.7 Å². The zero-order chi connectivity index (χ0) is 14.0. The summed E-state index contributed by atoms with van der Waals surface area (Å²) in [5.41, 5.74) is 1.16. The van der Waals surface area contributed by atoms with Gasteiger partial charge in [-0.3, -0.25) is 0 Å². The molecule has 0 fully saturated rings. The van der Waals surface area contributed by atoms with E-state index in [2.05, 4.69) is 5.10 Å². The number of carboxylic acids is 1. The van der Waals surface area contributed by atoms with E-state index in [1.807, 2.05) is 42.4 Å². The van der Waals surface area contributed by atoms with E-state index in [1.54, 1.807) is 12.1 Å². The number of aromatic carboxylic acids is 1. The van der Waals surface area contributed by atoms with Crippen LogP contribution in [-0.4, -0.2) is 20.7 Å². The molecule has 0 radical (unpaired) electrons. The summed E-state index contributed by atoms with van der Waals surface area (Å²) in [5, 5.41) is 14.4. The predicted octanol–water partition coefficient (Wildman–Crippen LogP) is -1.45. The number of benzene rings is 1. The molecule has 0 atom stereocenters. The minimum atomic E-state index is -0.891. The van der Waals surface area contributed by atoms with E-state index in [0.29, 0.717) is 11.3 Å². The SMILES string of the molecule is Cc1n(C)c(SCc2ccccc2C(=O)O)n[n+]1C.[Br-]. The van der Waals surface area contributed by atoms with Gasteiger partial charge in [0.2, 0.25) is 0 Å². The Kier molecular flexibility index (Phi) is 5.76. The van der Waals surface area contributed by atoms with Crippen LogP contribution in [0.5, 0.6) is 0 Å². The Bertz CT molecular complexity index is 628. The fourth-order valence-electron chi connectivity index (χ4n) is 1.75. The van der Waals surface area contributed by atoms with Gasteiger partial charge in [-0.2, -0.15) is 0 Å². The van der Waals surface area contributed by atoms with Crippen LogP contribution >= 0.6 is 11.8 Å². The number of aryl methyl sites for hydroxylation is 1. The van der Waals surface area contributed by atoms with E-state index < -0.39 is 5.97 Å². The van der Waals surface area contributed by atoms with Crippen LogP contribution in [0.2, 0.25) is 0 Å². The number of rotatable bonds is 4. The van der Waals surface area contributed by atoms with Crippen molar-refractivity contribution < 1.29 is 31.6 Å². The molecule has 0 unspecified atom stereocenters. The maximum absolute atomic E-state index is 11.1. The predicted molar refractivity (Wildman–Crippen MR) is 72.1 cm³/mol. The number of thioether (sulfide) groups is 1. The molecular formula is C13H16BrN3O2S. The van der Waals surface area contributed by atoms with Gasteiger partial charge < -0.3 is 22.1 Å². The van der Waals surface area contributed by atoms with Gasteiger partial charge in [0.15, 0.2) is 0 Å². The molecule has 2 aromatic rings. The van der Waals surface area contributed by atoms with Gasteiger partial charge in [-0.25, -0.2) is 9.36 Å². The molecule has 1 aromatic heterocycles. The van der Waals surface area contributed by atoms with Crippen LogP contribution in [0.1, 0.15) is 21.7 Å². The lowest BCUT2D eigenvalue weighted by Crippen LogP contribution is -3.00. The highest BCUT2D eigenvalue weighted by molar-refractivity contribution is 7.98. The summed E-state index contributed by atoms with van der Waals surface area (Å²) in [6.07, 6.45) is 0. The summed E-state index contributed by atoms with van der Waals surface area (Å²) in [6.45, 7) is 1.99. The van der Waals surface area contributed by atoms with Gasteiger partial charge in [0.1, 0.15) is 7.05 Å². The van der Waals surface area contributed by atoms with Crippen molar-refractivity contribution in [3.05, 3.63) is 41.2 Å². The third kappa shape index (κ3) is 3.40. The molecule has 0 spiro atoms. The molecule has 1 aromatic carbocycles. The standard InChI is InChI=1S/C13H15N3O2S.BrH/c1-9-15(2)13(14-16(9)3)19-8-10-6-4-5-7-11(10)12(17)18;/h4-7H,8H2,1-3H3;1H. The Morgan fingerprint density at radius 1 is 1.45 bits per heavy atom. The maximum atomic E-state index is 11.1. The molecular weight excluding hydrogens is 342 g/mol. The summed E-state index contributed by atoms with van der Waals surface area (Å²) in [5.74, 6) is 0.749. The van der Waals surface area contributed by atoms with Crippen molar-refractivity contribution in [2.45, 2.75) is 17.8 Å². The second-order valence-corrected chi connectivity index (χ2v) is 5.21. The summed E-state index contributed by atoms with van der Waals surface area (Å²) >= 11 is 1.53. The van der Waals surface area contributed by atoms with Crippen LogP contribution in [0, 0.1) is 6.92 Å². The zero-order valence-electron chi connectivity index (χ0n) is 11.5. The topological polar surface area (TPSA) is 59.0 Å². The van der Waals surface area contributed by atoms with E-state index >= 15 is 0 Å². The lowest BCUT2D eigenvalue weighted by atomic mass is 10.1. The van der Waals surface area contributed by atoms with Crippen LogP contribution in [0.15, 0.2) is 29.4 Å². The first-order valence-corrected chi connectivity index (χ1v) is 6.83. The molecule has 1 heterocycles. The monoisotopic (exact) mass is 357 g/mol. The number of carbonyl (C=O) groups is 1. The second-order valence-electron chi connectivity index (χ2n) is 4.26. The zero-order valence-corrected chi connectivity index (χ0v) is 13.9. The molecule has 0 amide bonds. The molecule has 20 heavy (non-hydrogen) atoms. The van der Waals surface area contributed by atoms with Gasteiger partial charge in [0.05, 0.1) is 12.6 Å². The third-order valence-electron chi connectivity index (χ3n) is 3.08. The molecule has 0 saturated carbocycles. The van der Waals surface area contributed by atoms with Crippen LogP contribution in [0.25, 0.3) is 0 Å². The van der Waals surface area contributed by atoms with Crippen LogP contribution in [0.4, 0.5) is 0 Å². The van der Waals surface area contributed by atoms with Gasteiger partial charge in [-0.05, 0) is 16.7 Å². The fraction of sp³-hybridized carbons (Fsp3) is 0.308. The summed E-state index contributed by atoms with van der Waals surface area (Å²) in [7, 11) is 3.85. The Morgan fingerprint density at radius 3 is 2.65 bits per heavy atom. The van der Waals surface area contributed by atoms with Gasteiger partial charge in [-0.1, -0.05) is 30.0 Å². The third-order valence-corrected chi connectivity index (χ3v) is 4.15. The van der Waals surface area contributed by atoms with E-state index in [0.717, 1.165) is 16.5 Å². The largest absolute Gasteiger partial charge is 1.00 e. The number of hydrogen-bond acceptors (Lipinski definition) is 3. The first-order valence-electron chi connectivity index (χ1n) is 5.84. The number of nitrogens with zero attached hydrogens (tertiary/aromatic N) is 3. The molecule has 0 saturated heterocycles. The molecule has 0 aliphatic heterocycles. The van der Waals surface area contributed by atoms with Crippen LogP contribution in [-0.2, 0) is 19.8 Å². The molecule has 1 N–H and O–H groups in total. The summed E-state index contributed by atoms with van der Waals surface area (Å²) < 4.78 is 3.81. The molecule has 2 rings (SSSR count). The number of hydrogen-bond donors (Lipinski definition) is 1. The Morgan fingerprint density at radius 2 is 2.10 bits per heavy atom. The van der Waals surface area contributed by atoms with Crippen molar-refractivity contribution in [1.82, 2.24) is 9.67 Å². The van der Waals surface area contributed by atoms with Gasteiger partial charge in [-0.15, -0.1) is 4.68 Å². The highest BCUT2D eigenvalue weighted by Gasteiger charge is 2.17. The molecule has 7 heteroatoms. The van der Waals surface area contributed by atoms with E-state index in [-0.39, 0.29) is 17.0 Å². The van der Waals surface area contributed by atoms with E-state index in [1.165, 1.54) is 11.8 Å². The Balaban J connectivity index is 0.00000200. The van der Waals surface area contributed by atoms with Crippen molar-refractivity contribution in [1.29, 1.82) is 0 Å². The van der Waals surface area contributed by atoms with Crippen molar-refractivity contribution in [2.75, 3.05) is 0 Å². The highest BCUT2D eigenvalue weighted by atomic mass is 79.9. The normalized spacial score (nSPS) is 10.2. The van der Waals surface area contributed by atoms with Crippen molar-refractivity contribution in [2.24, 2.45) is 14.1 Å². The quantitative estimate of drug-likeness (QED) is 0.537.